The fraction of sp³-hybridized carbons (Fsp3) is 0.900. The first-order valence-corrected chi connectivity index (χ1v) is 5.38. The minimum Gasteiger partial charge on any atom is -0.368 e. The number of hydrogen-bond donors (Lipinski definition) is 3. The Morgan fingerprint density at radius 2 is 2.36 bits per heavy atom. The van der Waals surface area contributed by atoms with Crippen LogP contribution in [0.5, 0.6) is 0 Å². The van der Waals surface area contributed by atoms with Crippen molar-refractivity contribution in [1.82, 2.24) is 10.6 Å². The van der Waals surface area contributed by atoms with Gasteiger partial charge in [-0.2, -0.15) is 0 Å². The normalized spacial score (nSPS) is 26.0. The molecule has 0 aromatic heterocycles. The van der Waals surface area contributed by atoms with Gasteiger partial charge in [-0.15, -0.1) is 0 Å². The van der Waals surface area contributed by atoms with Crippen molar-refractivity contribution in [3.8, 4) is 0 Å². The summed E-state index contributed by atoms with van der Waals surface area (Å²) in [5.41, 5.74) is 5.18. The summed E-state index contributed by atoms with van der Waals surface area (Å²) in [5.74, 6) is -0.281. The van der Waals surface area contributed by atoms with Crippen LogP contribution in [0.4, 0.5) is 0 Å². The number of primary amides is 1. The average Bonchev–Trinajstić information content (AvgIpc) is 2.56. The van der Waals surface area contributed by atoms with E-state index in [1.165, 1.54) is 12.8 Å². The number of rotatable bonds is 5. The van der Waals surface area contributed by atoms with Gasteiger partial charge >= 0.3 is 0 Å². The summed E-state index contributed by atoms with van der Waals surface area (Å²) in [6, 6.07) is 0.720. The lowest BCUT2D eigenvalue weighted by molar-refractivity contribution is -0.119. The standard InChI is InChI=1S/C10H21N3O/c1-7(13-8(2)10(11)14)6-9-4-3-5-12-9/h7-9,12-13H,3-6H2,1-2H3,(H2,11,14). The SMILES string of the molecule is CC(CC1CCCN1)NC(C)C(N)=O. The van der Waals surface area contributed by atoms with E-state index in [0.29, 0.717) is 12.1 Å². The van der Waals surface area contributed by atoms with E-state index in [1.807, 2.05) is 0 Å². The fourth-order valence-corrected chi connectivity index (χ4v) is 1.96. The molecule has 14 heavy (non-hydrogen) atoms. The quantitative estimate of drug-likeness (QED) is 0.583. The van der Waals surface area contributed by atoms with Gasteiger partial charge in [0.05, 0.1) is 6.04 Å². The first-order chi connectivity index (χ1) is 6.59. The molecular formula is C10H21N3O. The highest BCUT2D eigenvalue weighted by Crippen LogP contribution is 2.10. The molecule has 3 unspecified atom stereocenters. The molecule has 4 N–H and O–H groups in total. The van der Waals surface area contributed by atoms with E-state index in [-0.39, 0.29) is 11.9 Å². The van der Waals surface area contributed by atoms with E-state index < -0.39 is 0 Å². The number of nitrogens with one attached hydrogen (secondary N) is 2. The van der Waals surface area contributed by atoms with Crippen LogP contribution >= 0.6 is 0 Å². The van der Waals surface area contributed by atoms with Crippen LogP contribution in [0.15, 0.2) is 0 Å². The van der Waals surface area contributed by atoms with E-state index >= 15 is 0 Å². The molecule has 0 aliphatic carbocycles. The zero-order valence-corrected chi connectivity index (χ0v) is 9.05. The van der Waals surface area contributed by atoms with Crippen LogP contribution in [-0.2, 0) is 4.79 Å². The zero-order valence-electron chi connectivity index (χ0n) is 9.05. The molecule has 1 amide bonds. The summed E-state index contributed by atoms with van der Waals surface area (Å²) in [6.07, 6.45) is 3.58. The van der Waals surface area contributed by atoms with Crippen molar-refractivity contribution in [3.63, 3.8) is 0 Å². The van der Waals surface area contributed by atoms with Gasteiger partial charge in [0.2, 0.25) is 5.91 Å². The highest BCUT2D eigenvalue weighted by atomic mass is 16.1. The van der Waals surface area contributed by atoms with Crippen LogP contribution < -0.4 is 16.4 Å². The number of carbonyl (C=O) groups is 1. The molecule has 0 aromatic carbocycles. The number of carbonyl (C=O) groups excluding carboxylic acids is 1. The Balaban J connectivity index is 2.20. The predicted molar refractivity (Wildman–Crippen MR) is 56.9 cm³/mol. The van der Waals surface area contributed by atoms with Crippen molar-refractivity contribution >= 4 is 5.91 Å². The van der Waals surface area contributed by atoms with Crippen molar-refractivity contribution in [1.29, 1.82) is 0 Å². The van der Waals surface area contributed by atoms with Gasteiger partial charge in [-0.05, 0) is 39.7 Å². The van der Waals surface area contributed by atoms with Crippen molar-refractivity contribution in [3.05, 3.63) is 0 Å². The monoisotopic (exact) mass is 199 g/mol. The Hall–Kier alpha value is -0.610. The number of nitrogens with two attached hydrogens (primary N) is 1. The molecule has 82 valence electrons. The highest BCUT2D eigenvalue weighted by Gasteiger charge is 2.19. The molecule has 1 aliphatic heterocycles. The van der Waals surface area contributed by atoms with Crippen molar-refractivity contribution < 1.29 is 4.79 Å². The summed E-state index contributed by atoms with van der Waals surface area (Å²) >= 11 is 0. The molecule has 3 atom stereocenters. The van der Waals surface area contributed by atoms with E-state index in [4.69, 9.17) is 5.73 Å². The molecule has 1 saturated heterocycles. The second-order valence-electron chi connectivity index (χ2n) is 4.22. The Morgan fingerprint density at radius 3 is 2.86 bits per heavy atom. The lowest BCUT2D eigenvalue weighted by Crippen LogP contribution is -2.45. The highest BCUT2D eigenvalue weighted by molar-refractivity contribution is 5.79. The summed E-state index contributed by atoms with van der Waals surface area (Å²) in [4.78, 5) is 10.8. The molecule has 4 nitrogen and oxygen atoms in total. The average molecular weight is 199 g/mol. The third kappa shape index (κ3) is 3.64. The topological polar surface area (TPSA) is 67.2 Å². The maximum absolute atomic E-state index is 10.8. The molecule has 0 radical (unpaired) electrons. The van der Waals surface area contributed by atoms with Gasteiger partial charge < -0.3 is 16.4 Å². The summed E-state index contributed by atoms with van der Waals surface area (Å²) < 4.78 is 0. The van der Waals surface area contributed by atoms with Crippen molar-refractivity contribution in [2.45, 2.75) is 51.2 Å². The molecule has 1 heterocycles. The molecular weight excluding hydrogens is 178 g/mol. The lowest BCUT2D eigenvalue weighted by Gasteiger charge is -2.20. The molecule has 0 spiro atoms. The first-order valence-electron chi connectivity index (χ1n) is 5.38. The zero-order chi connectivity index (χ0) is 10.6. The Bertz CT molecular complexity index is 190. The van der Waals surface area contributed by atoms with Gasteiger partial charge in [-0.1, -0.05) is 0 Å². The van der Waals surface area contributed by atoms with E-state index in [1.54, 1.807) is 6.92 Å². The molecule has 0 saturated carbocycles. The van der Waals surface area contributed by atoms with Crippen LogP contribution in [0, 0.1) is 0 Å². The van der Waals surface area contributed by atoms with Crippen LogP contribution in [0.3, 0.4) is 0 Å². The summed E-state index contributed by atoms with van der Waals surface area (Å²) in [5, 5.41) is 6.63. The first kappa shape index (κ1) is 11.5. The second-order valence-corrected chi connectivity index (χ2v) is 4.22. The Labute approximate surface area is 85.6 Å². The van der Waals surface area contributed by atoms with Gasteiger partial charge in [0.1, 0.15) is 0 Å². The van der Waals surface area contributed by atoms with Crippen LogP contribution in [0.2, 0.25) is 0 Å². The third-order valence-corrected chi connectivity index (χ3v) is 2.76. The minimum atomic E-state index is -0.281. The maximum Gasteiger partial charge on any atom is 0.234 e. The Morgan fingerprint density at radius 1 is 1.64 bits per heavy atom. The summed E-state index contributed by atoms with van der Waals surface area (Å²) in [7, 11) is 0. The van der Waals surface area contributed by atoms with Gasteiger partial charge in [0, 0.05) is 12.1 Å². The van der Waals surface area contributed by atoms with Gasteiger partial charge in [0.15, 0.2) is 0 Å². The van der Waals surface area contributed by atoms with E-state index in [2.05, 4.69) is 17.6 Å². The molecule has 0 aromatic rings. The van der Waals surface area contributed by atoms with Crippen molar-refractivity contribution in [2.75, 3.05) is 6.54 Å². The van der Waals surface area contributed by atoms with Gasteiger partial charge in [0.25, 0.3) is 0 Å². The molecule has 4 heteroatoms. The fourth-order valence-electron chi connectivity index (χ4n) is 1.96. The second kappa shape index (κ2) is 5.32. The van der Waals surface area contributed by atoms with E-state index in [9.17, 15) is 4.79 Å². The molecule has 1 rings (SSSR count). The Kier molecular flexibility index (Phi) is 4.35. The van der Waals surface area contributed by atoms with Crippen LogP contribution in [-0.4, -0.2) is 30.6 Å². The lowest BCUT2D eigenvalue weighted by atomic mass is 10.1. The predicted octanol–water partition coefficient (Wildman–Crippen LogP) is -0.0196. The maximum atomic E-state index is 10.8. The van der Waals surface area contributed by atoms with Gasteiger partial charge in [-0.3, -0.25) is 4.79 Å². The van der Waals surface area contributed by atoms with E-state index in [0.717, 1.165) is 13.0 Å². The minimum absolute atomic E-state index is 0.230. The summed E-state index contributed by atoms with van der Waals surface area (Å²) in [6.45, 7) is 5.03. The molecule has 1 fully saturated rings. The third-order valence-electron chi connectivity index (χ3n) is 2.76. The van der Waals surface area contributed by atoms with Crippen LogP contribution in [0.1, 0.15) is 33.1 Å². The number of hydrogen-bond acceptors (Lipinski definition) is 3. The molecule has 1 aliphatic rings. The number of amides is 1. The largest absolute Gasteiger partial charge is 0.368 e. The smallest absolute Gasteiger partial charge is 0.234 e. The molecule has 0 bridgehead atoms. The van der Waals surface area contributed by atoms with Crippen LogP contribution in [0.25, 0.3) is 0 Å². The van der Waals surface area contributed by atoms with Crippen molar-refractivity contribution in [2.24, 2.45) is 5.73 Å². The van der Waals surface area contributed by atoms with Gasteiger partial charge in [-0.25, -0.2) is 0 Å².